The average Bonchev–Trinajstić information content (AvgIpc) is 3.09. The molecule has 0 saturated carbocycles. The third-order valence-electron chi connectivity index (χ3n) is 2.95. The van der Waals surface area contributed by atoms with Crippen molar-refractivity contribution in [2.75, 3.05) is 20.6 Å². The van der Waals surface area contributed by atoms with Gasteiger partial charge >= 0.3 is 6.03 Å². The maximum atomic E-state index is 11.8. The first-order valence-electron chi connectivity index (χ1n) is 6.40. The summed E-state index contributed by atoms with van der Waals surface area (Å²) in [5.41, 5.74) is 0. The van der Waals surface area contributed by atoms with Gasteiger partial charge in [0, 0.05) is 16.3 Å². The lowest BCUT2D eigenvalue weighted by molar-refractivity contribution is 0.233. The van der Waals surface area contributed by atoms with Gasteiger partial charge in [-0.05, 0) is 37.0 Å². The first-order valence-corrected chi connectivity index (χ1v) is 8.16. The zero-order valence-corrected chi connectivity index (χ0v) is 13.3. The summed E-state index contributed by atoms with van der Waals surface area (Å²) in [6.45, 7) is 1.18. The molecule has 20 heavy (non-hydrogen) atoms. The molecule has 0 saturated heterocycles. The van der Waals surface area contributed by atoms with Gasteiger partial charge in [0.05, 0.1) is 12.6 Å². The summed E-state index contributed by atoms with van der Waals surface area (Å²) in [4.78, 5) is 16.3. The van der Waals surface area contributed by atoms with E-state index in [9.17, 15) is 4.79 Å². The number of nitrogens with one attached hydrogen (secondary N) is 2. The number of hydrogen-bond donors (Lipinski definition) is 2. The van der Waals surface area contributed by atoms with Crippen LogP contribution < -0.4 is 10.6 Å². The summed E-state index contributed by atoms with van der Waals surface area (Å²) in [5, 5.41) is 9.87. The largest absolute Gasteiger partial charge is 0.336 e. The van der Waals surface area contributed by atoms with E-state index in [2.05, 4.69) is 27.0 Å². The van der Waals surface area contributed by atoms with Crippen molar-refractivity contribution < 1.29 is 4.79 Å². The Kier molecular flexibility index (Phi) is 5.58. The maximum absolute atomic E-state index is 11.8. The fraction of sp³-hybridized carbons (Fsp3) is 0.357. The highest BCUT2D eigenvalue weighted by molar-refractivity contribution is 7.10. The van der Waals surface area contributed by atoms with Crippen LogP contribution in [0.2, 0.25) is 0 Å². The lowest BCUT2D eigenvalue weighted by Gasteiger charge is -2.23. The van der Waals surface area contributed by atoms with Crippen molar-refractivity contribution in [3.05, 3.63) is 44.8 Å². The van der Waals surface area contributed by atoms with Crippen molar-refractivity contribution in [3.8, 4) is 0 Å². The molecule has 2 heterocycles. The smallest absolute Gasteiger partial charge is 0.315 e. The molecule has 0 bridgehead atoms. The topological polar surface area (TPSA) is 44.4 Å². The number of urea groups is 1. The van der Waals surface area contributed by atoms with Crippen molar-refractivity contribution in [3.63, 3.8) is 0 Å². The Morgan fingerprint density at radius 3 is 2.55 bits per heavy atom. The van der Waals surface area contributed by atoms with Crippen molar-refractivity contribution >= 4 is 28.7 Å². The van der Waals surface area contributed by atoms with Crippen LogP contribution in [0.5, 0.6) is 0 Å². The first-order chi connectivity index (χ1) is 9.66. The molecule has 6 heteroatoms. The van der Waals surface area contributed by atoms with Crippen molar-refractivity contribution in [2.24, 2.45) is 0 Å². The van der Waals surface area contributed by atoms with Crippen molar-refractivity contribution in [2.45, 2.75) is 12.6 Å². The molecule has 2 amide bonds. The van der Waals surface area contributed by atoms with Crippen LogP contribution >= 0.6 is 22.7 Å². The molecule has 0 aliphatic carbocycles. The number of hydrogen-bond acceptors (Lipinski definition) is 4. The minimum atomic E-state index is -0.123. The summed E-state index contributed by atoms with van der Waals surface area (Å²) < 4.78 is 0. The Morgan fingerprint density at radius 2 is 1.95 bits per heavy atom. The average molecular weight is 309 g/mol. The number of amides is 2. The number of carbonyl (C=O) groups excluding carboxylic acids is 1. The number of thiophene rings is 2. The summed E-state index contributed by atoms with van der Waals surface area (Å²) in [5.74, 6) is 0. The van der Waals surface area contributed by atoms with E-state index >= 15 is 0 Å². The molecule has 0 aliphatic heterocycles. The van der Waals surface area contributed by atoms with Crippen molar-refractivity contribution in [1.82, 2.24) is 15.5 Å². The fourth-order valence-electron chi connectivity index (χ4n) is 1.85. The predicted octanol–water partition coefficient (Wildman–Crippen LogP) is 2.91. The van der Waals surface area contributed by atoms with Crippen LogP contribution in [0.15, 0.2) is 35.0 Å². The molecule has 0 spiro atoms. The lowest BCUT2D eigenvalue weighted by Crippen LogP contribution is -2.39. The Morgan fingerprint density at radius 1 is 1.20 bits per heavy atom. The van der Waals surface area contributed by atoms with Crippen LogP contribution in [0.4, 0.5) is 4.79 Å². The van der Waals surface area contributed by atoms with Gasteiger partial charge in [-0.3, -0.25) is 0 Å². The molecule has 0 aliphatic rings. The highest BCUT2D eigenvalue weighted by Gasteiger charge is 2.15. The molecule has 2 aromatic rings. The molecule has 0 radical (unpaired) electrons. The highest BCUT2D eigenvalue weighted by Crippen LogP contribution is 2.22. The number of carbonyl (C=O) groups is 1. The molecule has 2 aromatic heterocycles. The molecular weight excluding hydrogens is 290 g/mol. The molecule has 4 nitrogen and oxygen atoms in total. The molecule has 2 rings (SSSR count). The quantitative estimate of drug-likeness (QED) is 0.862. The molecule has 2 N–H and O–H groups in total. The van der Waals surface area contributed by atoms with E-state index in [0.717, 1.165) is 4.88 Å². The Hall–Kier alpha value is -1.37. The fourth-order valence-corrected chi connectivity index (χ4v) is 3.42. The summed E-state index contributed by atoms with van der Waals surface area (Å²) in [7, 11) is 4.05. The van der Waals surface area contributed by atoms with Gasteiger partial charge in [-0.25, -0.2) is 4.79 Å². The van der Waals surface area contributed by atoms with Crippen LogP contribution in [0, 0.1) is 0 Å². The number of nitrogens with zero attached hydrogens (tertiary/aromatic N) is 1. The molecule has 1 atom stereocenters. The second-order valence-electron chi connectivity index (χ2n) is 4.64. The number of rotatable bonds is 6. The standard InChI is InChI=1S/C14H19N3OS2/c1-17(2)12(13-6-4-8-20-13)10-16-14(18)15-9-11-5-3-7-19-11/h3-8,12H,9-10H2,1-2H3,(H2,15,16,18). The van der Waals surface area contributed by atoms with Gasteiger partial charge in [-0.1, -0.05) is 12.1 Å². The normalized spacial score (nSPS) is 12.3. The van der Waals surface area contributed by atoms with E-state index in [-0.39, 0.29) is 12.1 Å². The summed E-state index contributed by atoms with van der Waals surface area (Å²) in [6.07, 6.45) is 0. The summed E-state index contributed by atoms with van der Waals surface area (Å²) in [6, 6.07) is 8.22. The zero-order valence-electron chi connectivity index (χ0n) is 11.6. The minimum absolute atomic E-state index is 0.123. The van der Waals surface area contributed by atoms with E-state index in [0.29, 0.717) is 13.1 Å². The molecule has 0 aromatic carbocycles. The van der Waals surface area contributed by atoms with E-state index in [1.54, 1.807) is 22.7 Å². The van der Waals surface area contributed by atoms with Gasteiger partial charge in [0.1, 0.15) is 0 Å². The zero-order chi connectivity index (χ0) is 14.4. The van der Waals surface area contributed by atoms with Gasteiger partial charge in [0.25, 0.3) is 0 Å². The monoisotopic (exact) mass is 309 g/mol. The van der Waals surface area contributed by atoms with Crippen LogP contribution in [0.1, 0.15) is 15.8 Å². The van der Waals surface area contributed by atoms with Gasteiger partial charge in [-0.15, -0.1) is 22.7 Å². The van der Waals surface area contributed by atoms with E-state index < -0.39 is 0 Å². The molecule has 108 valence electrons. The third-order valence-corrected chi connectivity index (χ3v) is 4.80. The highest BCUT2D eigenvalue weighted by atomic mass is 32.1. The van der Waals surface area contributed by atoms with Gasteiger partial charge in [0.2, 0.25) is 0 Å². The van der Waals surface area contributed by atoms with Crippen LogP contribution in [-0.2, 0) is 6.54 Å². The second kappa shape index (κ2) is 7.42. The lowest BCUT2D eigenvalue weighted by atomic mass is 10.2. The molecule has 1 unspecified atom stereocenters. The summed E-state index contributed by atoms with van der Waals surface area (Å²) >= 11 is 3.35. The number of likely N-dealkylation sites (N-methyl/N-ethyl adjacent to an activating group) is 1. The second-order valence-corrected chi connectivity index (χ2v) is 6.65. The SMILES string of the molecule is CN(C)C(CNC(=O)NCc1cccs1)c1cccs1. The van der Waals surface area contributed by atoms with E-state index in [1.165, 1.54) is 4.88 Å². The van der Waals surface area contributed by atoms with Gasteiger partial charge in [0.15, 0.2) is 0 Å². The van der Waals surface area contributed by atoms with Gasteiger partial charge in [-0.2, -0.15) is 0 Å². The Labute approximate surface area is 127 Å². The van der Waals surface area contributed by atoms with Gasteiger partial charge < -0.3 is 15.5 Å². The first kappa shape index (κ1) is 15.0. The minimum Gasteiger partial charge on any atom is -0.336 e. The Balaban J connectivity index is 1.79. The Bertz CT molecular complexity index is 509. The maximum Gasteiger partial charge on any atom is 0.315 e. The van der Waals surface area contributed by atoms with E-state index in [4.69, 9.17) is 0 Å². The molecular formula is C14H19N3OS2. The van der Waals surface area contributed by atoms with Crippen LogP contribution in [-0.4, -0.2) is 31.6 Å². The molecule has 0 fully saturated rings. The van der Waals surface area contributed by atoms with Crippen LogP contribution in [0.3, 0.4) is 0 Å². The van der Waals surface area contributed by atoms with E-state index in [1.807, 2.05) is 37.7 Å². The predicted molar refractivity (Wildman–Crippen MR) is 85.3 cm³/mol. The van der Waals surface area contributed by atoms with Crippen LogP contribution in [0.25, 0.3) is 0 Å². The van der Waals surface area contributed by atoms with Crippen molar-refractivity contribution in [1.29, 1.82) is 0 Å². The third kappa shape index (κ3) is 4.33.